The van der Waals surface area contributed by atoms with Crippen LogP contribution >= 0.6 is 0 Å². The summed E-state index contributed by atoms with van der Waals surface area (Å²) in [6, 6.07) is 7.59. The van der Waals surface area contributed by atoms with Crippen molar-refractivity contribution in [2.75, 3.05) is 13.2 Å². The number of aliphatic imine (C=N–C) groups is 2. The second-order valence-corrected chi connectivity index (χ2v) is 7.84. The fourth-order valence-electron chi connectivity index (χ4n) is 3.53. The molecular formula is C20H23F6N3O. The first-order chi connectivity index (χ1) is 13.9. The van der Waals surface area contributed by atoms with E-state index in [1.807, 2.05) is 0 Å². The molecule has 1 fully saturated rings. The number of hydrogen-bond donors (Lipinski definition) is 0. The Labute approximate surface area is 170 Å². The van der Waals surface area contributed by atoms with Crippen LogP contribution in [-0.2, 0) is 4.74 Å². The van der Waals surface area contributed by atoms with E-state index in [9.17, 15) is 26.3 Å². The Morgan fingerprint density at radius 1 is 1.07 bits per heavy atom. The Morgan fingerprint density at radius 2 is 1.70 bits per heavy atom. The first-order valence-corrected chi connectivity index (χ1v) is 9.71. The fraction of sp³-hybridized carbons (Fsp3) is 0.600. The van der Waals surface area contributed by atoms with Crippen LogP contribution in [0.2, 0.25) is 0 Å². The van der Waals surface area contributed by atoms with Crippen LogP contribution in [0.3, 0.4) is 0 Å². The maximum atomic E-state index is 13.8. The first-order valence-electron chi connectivity index (χ1n) is 9.71. The number of rotatable bonds is 5. The highest BCUT2D eigenvalue weighted by atomic mass is 19.4. The molecule has 0 saturated carbocycles. The molecule has 0 aliphatic carbocycles. The van der Waals surface area contributed by atoms with Gasteiger partial charge in [0.1, 0.15) is 11.7 Å². The van der Waals surface area contributed by atoms with Gasteiger partial charge in [-0.15, -0.1) is 0 Å². The molecule has 0 amide bonds. The van der Waals surface area contributed by atoms with E-state index >= 15 is 0 Å². The Kier molecular flexibility index (Phi) is 6.18. The third-order valence-electron chi connectivity index (χ3n) is 4.95. The van der Waals surface area contributed by atoms with E-state index in [0.717, 1.165) is 6.42 Å². The fourth-order valence-corrected chi connectivity index (χ4v) is 3.53. The molecule has 0 radical (unpaired) electrons. The number of amidine groups is 2. The van der Waals surface area contributed by atoms with Crippen LogP contribution in [0, 0.1) is 5.92 Å². The topological polar surface area (TPSA) is 37.2 Å². The van der Waals surface area contributed by atoms with Gasteiger partial charge in [0.2, 0.25) is 0 Å². The smallest absolute Gasteiger partial charge is 0.376 e. The SMILES string of the molecule is CC(C)CC1=NC(C(F)(F)F)(C(F)(F)F)N=C(c2ccccc2)N1CC1CCCO1. The van der Waals surface area contributed by atoms with Gasteiger partial charge in [-0.1, -0.05) is 44.2 Å². The molecule has 1 saturated heterocycles. The van der Waals surface area contributed by atoms with E-state index in [-0.39, 0.29) is 36.4 Å². The second kappa shape index (κ2) is 8.20. The van der Waals surface area contributed by atoms with Crippen LogP contribution in [0.25, 0.3) is 0 Å². The van der Waals surface area contributed by atoms with Gasteiger partial charge in [-0.25, -0.2) is 9.98 Å². The molecular weight excluding hydrogens is 412 g/mol. The van der Waals surface area contributed by atoms with Gasteiger partial charge in [-0.2, -0.15) is 26.3 Å². The van der Waals surface area contributed by atoms with Gasteiger partial charge in [-0.05, 0) is 18.8 Å². The van der Waals surface area contributed by atoms with E-state index in [1.54, 1.807) is 32.0 Å². The lowest BCUT2D eigenvalue weighted by Crippen LogP contribution is -2.60. The van der Waals surface area contributed by atoms with E-state index in [1.165, 1.54) is 17.0 Å². The number of hydrogen-bond acceptors (Lipinski definition) is 4. The zero-order valence-electron chi connectivity index (χ0n) is 16.6. The third kappa shape index (κ3) is 4.33. The van der Waals surface area contributed by atoms with Gasteiger partial charge in [0, 0.05) is 18.6 Å². The lowest BCUT2D eigenvalue weighted by atomic mass is 10.0. The van der Waals surface area contributed by atoms with Crippen molar-refractivity contribution < 1.29 is 31.1 Å². The number of benzene rings is 1. The van der Waals surface area contributed by atoms with Gasteiger partial charge < -0.3 is 9.64 Å². The highest BCUT2D eigenvalue weighted by Crippen LogP contribution is 2.49. The Morgan fingerprint density at radius 3 is 2.20 bits per heavy atom. The molecule has 0 N–H and O–H groups in total. The quantitative estimate of drug-likeness (QED) is 0.597. The molecule has 1 unspecified atom stereocenters. The molecule has 0 spiro atoms. The Balaban J connectivity index is 2.21. The van der Waals surface area contributed by atoms with E-state index in [4.69, 9.17) is 4.74 Å². The zero-order chi connectivity index (χ0) is 22.2. The van der Waals surface area contributed by atoms with Gasteiger partial charge in [0.25, 0.3) is 0 Å². The van der Waals surface area contributed by atoms with Crippen LogP contribution in [0.4, 0.5) is 26.3 Å². The summed E-state index contributed by atoms with van der Waals surface area (Å²) in [4.78, 5) is 7.86. The van der Waals surface area contributed by atoms with Crippen LogP contribution in [0.15, 0.2) is 40.3 Å². The number of ether oxygens (including phenoxy) is 1. The molecule has 2 aliphatic heterocycles. The van der Waals surface area contributed by atoms with E-state index in [0.29, 0.717) is 13.0 Å². The highest BCUT2D eigenvalue weighted by molar-refractivity contribution is 6.11. The first kappa shape index (κ1) is 22.6. The van der Waals surface area contributed by atoms with Crippen molar-refractivity contribution in [3.8, 4) is 0 Å². The van der Waals surface area contributed by atoms with Crippen molar-refractivity contribution in [1.82, 2.24) is 4.90 Å². The highest BCUT2D eigenvalue weighted by Gasteiger charge is 2.73. The van der Waals surface area contributed by atoms with Crippen molar-refractivity contribution in [2.24, 2.45) is 15.9 Å². The summed E-state index contributed by atoms with van der Waals surface area (Å²) in [6.07, 6.45) is -10.4. The molecule has 1 aromatic carbocycles. The van der Waals surface area contributed by atoms with Crippen molar-refractivity contribution in [2.45, 2.75) is 57.2 Å². The molecule has 4 nitrogen and oxygen atoms in total. The van der Waals surface area contributed by atoms with Gasteiger partial charge in [0.05, 0.1) is 12.6 Å². The largest absolute Gasteiger partial charge is 0.443 e. The Bertz CT molecular complexity index is 781. The number of halogens is 6. The lowest BCUT2D eigenvalue weighted by Gasteiger charge is -2.40. The summed E-state index contributed by atoms with van der Waals surface area (Å²) < 4.78 is 88.7. The van der Waals surface area contributed by atoms with Crippen LogP contribution < -0.4 is 0 Å². The summed E-state index contributed by atoms with van der Waals surface area (Å²) in [5, 5.41) is 0. The third-order valence-corrected chi connectivity index (χ3v) is 4.95. The molecule has 1 atom stereocenters. The van der Waals surface area contributed by atoms with Crippen molar-refractivity contribution in [3.63, 3.8) is 0 Å². The maximum absolute atomic E-state index is 13.8. The molecule has 2 heterocycles. The van der Waals surface area contributed by atoms with E-state index in [2.05, 4.69) is 9.98 Å². The average Bonchev–Trinajstić information content (AvgIpc) is 3.14. The summed E-state index contributed by atoms with van der Waals surface area (Å²) in [7, 11) is 0. The van der Waals surface area contributed by atoms with Gasteiger partial charge in [0.15, 0.2) is 0 Å². The Hall–Kier alpha value is -2.10. The molecule has 2 aliphatic rings. The minimum Gasteiger partial charge on any atom is -0.376 e. The van der Waals surface area contributed by atoms with Crippen molar-refractivity contribution >= 4 is 11.7 Å². The second-order valence-electron chi connectivity index (χ2n) is 7.84. The zero-order valence-corrected chi connectivity index (χ0v) is 16.6. The summed E-state index contributed by atoms with van der Waals surface area (Å²) in [6.45, 7) is 4.01. The van der Waals surface area contributed by atoms with E-state index < -0.39 is 23.9 Å². The summed E-state index contributed by atoms with van der Waals surface area (Å²) in [5.74, 6) is -0.902. The normalized spacial score (nSPS) is 22.3. The molecule has 0 bridgehead atoms. The van der Waals surface area contributed by atoms with Gasteiger partial charge in [-0.3, -0.25) is 0 Å². The van der Waals surface area contributed by atoms with Crippen LogP contribution in [0.5, 0.6) is 0 Å². The average molecular weight is 435 g/mol. The summed E-state index contributed by atoms with van der Waals surface area (Å²) in [5.41, 5.74) is -4.38. The molecule has 166 valence electrons. The molecule has 0 aromatic heterocycles. The van der Waals surface area contributed by atoms with Crippen LogP contribution in [0.1, 0.15) is 38.7 Å². The molecule has 3 rings (SSSR count). The van der Waals surface area contributed by atoms with Gasteiger partial charge >= 0.3 is 18.0 Å². The molecule has 1 aromatic rings. The van der Waals surface area contributed by atoms with Crippen molar-refractivity contribution in [1.29, 1.82) is 0 Å². The predicted octanol–water partition coefficient (Wildman–Crippen LogP) is 5.19. The van der Waals surface area contributed by atoms with Crippen molar-refractivity contribution in [3.05, 3.63) is 35.9 Å². The maximum Gasteiger partial charge on any atom is 0.443 e. The minimum atomic E-state index is -5.75. The molecule has 10 heteroatoms. The molecule has 30 heavy (non-hydrogen) atoms. The predicted molar refractivity (Wildman–Crippen MR) is 100 cm³/mol. The monoisotopic (exact) mass is 435 g/mol. The van der Waals surface area contributed by atoms with Crippen LogP contribution in [-0.4, -0.2) is 53.8 Å². The standard InChI is InChI=1S/C20H23F6N3O/c1-13(2)11-16-27-18(19(21,22)23,20(24,25)26)28-17(14-7-4-3-5-8-14)29(16)12-15-9-6-10-30-15/h3-5,7-8,13,15H,6,9-12H2,1-2H3. The summed E-state index contributed by atoms with van der Waals surface area (Å²) >= 11 is 0. The number of alkyl halides is 6. The minimum absolute atomic E-state index is 0.0630. The number of nitrogens with zero attached hydrogens (tertiary/aromatic N) is 3. The lowest BCUT2D eigenvalue weighted by molar-refractivity contribution is -0.293.